The molecule has 0 atom stereocenters. The maximum absolute atomic E-state index is 11.9. The minimum atomic E-state index is 0.0314. The van der Waals surface area contributed by atoms with Crippen molar-refractivity contribution < 1.29 is 9.59 Å². The van der Waals surface area contributed by atoms with Crippen LogP contribution in [0.25, 0.3) is 10.8 Å². The van der Waals surface area contributed by atoms with Crippen LogP contribution in [0.3, 0.4) is 0 Å². The Kier molecular flexibility index (Phi) is 3.10. The first-order valence-corrected chi connectivity index (χ1v) is 5.27. The van der Waals surface area contributed by atoms with Gasteiger partial charge in [0.15, 0.2) is 5.78 Å². The van der Waals surface area contributed by atoms with Gasteiger partial charge in [-0.15, -0.1) is 0 Å². The molecule has 0 aromatic heterocycles. The predicted octanol–water partition coefficient (Wildman–Crippen LogP) is 3.00. The minimum absolute atomic E-state index is 0.0314. The lowest BCUT2D eigenvalue weighted by Gasteiger charge is -2.04. The summed E-state index contributed by atoms with van der Waals surface area (Å²) in [5.74, 6) is 0.0314. The van der Waals surface area contributed by atoms with Gasteiger partial charge in [0.2, 0.25) is 0 Å². The van der Waals surface area contributed by atoms with Crippen LogP contribution >= 0.6 is 0 Å². The first-order chi connectivity index (χ1) is 7.83. The average molecular weight is 212 g/mol. The Bertz CT molecular complexity index is 524. The third kappa shape index (κ3) is 2.01. The first kappa shape index (κ1) is 10.6. The normalized spacial score (nSPS) is 10.2. The molecule has 0 unspecified atom stereocenters. The molecule has 0 bridgehead atoms. The second-order valence-electron chi connectivity index (χ2n) is 3.66. The van der Waals surface area contributed by atoms with Gasteiger partial charge in [0, 0.05) is 18.4 Å². The van der Waals surface area contributed by atoms with Crippen molar-refractivity contribution in [2.24, 2.45) is 0 Å². The number of fused-ring (bicyclic) bond motifs is 1. The molecule has 0 amide bonds. The molecule has 0 spiro atoms. The molecule has 0 N–H and O–H groups in total. The number of carbonyl (C=O) groups excluding carboxylic acids is 2. The second-order valence-corrected chi connectivity index (χ2v) is 3.66. The molecule has 2 nitrogen and oxygen atoms in total. The van der Waals surface area contributed by atoms with Crippen molar-refractivity contribution >= 4 is 22.8 Å². The van der Waals surface area contributed by atoms with Crippen LogP contribution < -0.4 is 0 Å². The fourth-order valence-electron chi connectivity index (χ4n) is 1.79. The Labute approximate surface area is 93.9 Å². The van der Waals surface area contributed by atoms with Crippen LogP contribution in [0.2, 0.25) is 0 Å². The van der Waals surface area contributed by atoms with Crippen molar-refractivity contribution in [3.05, 3.63) is 48.0 Å². The number of ketones is 1. The lowest BCUT2D eigenvalue weighted by molar-refractivity contribution is -0.107. The van der Waals surface area contributed by atoms with Gasteiger partial charge in [-0.2, -0.15) is 0 Å². The van der Waals surface area contributed by atoms with Gasteiger partial charge < -0.3 is 4.79 Å². The molecule has 2 aromatic rings. The fourth-order valence-corrected chi connectivity index (χ4v) is 1.79. The van der Waals surface area contributed by atoms with Gasteiger partial charge in [0.05, 0.1) is 0 Å². The largest absolute Gasteiger partial charge is 0.303 e. The number of hydrogen-bond acceptors (Lipinski definition) is 2. The molecule has 0 fully saturated rings. The second kappa shape index (κ2) is 4.71. The molecule has 0 radical (unpaired) electrons. The average Bonchev–Trinajstić information content (AvgIpc) is 2.35. The van der Waals surface area contributed by atoms with Crippen molar-refractivity contribution in [2.75, 3.05) is 0 Å². The maximum Gasteiger partial charge on any atom is 0.163 e. The van der Waals surface area contributed by atoms with Gasteiger partial charge in [-0.3, -0.25) is 4.79 Å². The Balaban J connectivity index is 2.44. The summed E-state index contributed by atoms with van der Waals surface area (Å²) in [5, 5.41) is 2.01. The van der Waals surface area contributed by atoms with Crippen LogP contribution in [0.5, 0.6) is 0 Å². The van der Waals surface area contributed by atoms with E-state index in [1.54, 1.807) is 0 Å². The molecule has 0 aliphatic rings. The SMILES string of the molecule is O=CCCC(=O)c1cccc2ccccc12. The van der Waals surface area contributed by atoms with Crippen molar-refractivity contribution in [2.45, 2.75) is 12.8 Å². The van der Waals surface area contributed by atoms with E-state index in [9.17, 15) is 9.59 Å². The zero-order chi connectivity index (χ0) is 11.4. The Morgan fingerprint density at radius 3 is 2.62 bits per heavy atom. The molecule has 0 aliphatic heterocycles. The minimum Gasteiger partial charge on any atom is -0.303 e. The van der Waals surface area contributed by atoms with Crippen LogP contribution in [0.4, 0.5) is 0 Å². The Hall–Kier alpha value is -1.96. The summed E-state index contributed by atoms with van der Waals surface area (Å²) in [7, 11) is 0. The van der Waals surface area contributed by atoms with Gasteiger partial charge in [-0.05, 0) is 10.8 Å². The van der Waals surface area contributed by atoms with E-state index >= 15 is 0 Å². The lowest BCUT2D eigenvalue weighted by atomic mass is 9.99. The van der Waals surface area contributed by atoms with Crippen LogP contribution in [0.1, 0.15) is 23.2 Å². The highest BCUT2D eigenvalue weighted by molar-refractivity contribution is 6.08. The molecule has 16 heavy (non-hydrogen) atoms. The molecule has 2 aromatic carbocycles. The lowest BCUT2D eigenvalue weighted by Crippen LogP contribution is -2.00. The molecule has 2 rings (SSSR count). The van der Waals surface area contributed by atoms with Crippen LogP contribution in [-0.4, -0.2) is 12.1 Å². The van der Waals surface area contributed by atoms with Gasteiger partial charge in [-0.25, -0.2) is 0 Å². The first-order valence-electron chi connectivity index (χ1n) is 5.27. The summed E-state index contributed by atoms with van der Waals surface area (Å²) >= 11 is 0. The van der Waals surface area contributed by atoms with E-state index in [1.165, 1.54) is 0 Å². The number of benzene rings is 2. The topological polar surface area (TPSA) is 34.1 Å². The smallest absolute Gasteiger partial charge is 0.163 e. The highest BCUT2D eigenvalue weighted by atomic mass is 16.1. The van der Waals surface area contributed by atoms with Crippen molar-refractivity contribution in [3.63, 3.8) is 0 Å². The van der Waals surface area contributed by atoms with Gasteiger partial charge in [0.1, 0.15) is 6.29 Å². The van der Waals surface area contributed by atoms with E-state index in [0.29, 0.717) is 12.0 Å². The van der Waals surface area contributed by atoms with Crippen molar-refractivity contribution in [1.82, 2.24) is 0 Å². The van der Waals surface area contributed by atoms with E-state index in [-0.39, 0.29) is 12.2 Å². The molecule has 0 saturated heterocycles. The van der Waals surface area contributed by atoms with E-state index in [4.69, 9.17) is 0 Å². The Morgan fingerprint density at radius 1 is 1.06 bits per heavy atom. The van der Waals surface area contributed by atoms with Gasteiger partial charge in [-0.1, -0.05) is 42.5 Å². The number of hydrogen-bond donors (Lipinski definition) is 0. The molecule has 2 heteroatoms. The van der Waals surface area contributed by atoms with Crippen molar-refractivity contribution in [3.8, 4) is 0 Å². The Morgan fingerprint density at radius 2 is 1.81 bits per heavy atom. The van der Waals surface area contributed by atoms with Gasteiger partial charge >= 0.3 is 0 Å². The fraction of sp³-hybridized carbons (Fsp3) is 0.143. The highest BCUT2D eigenvalue weighted by Crippen LogP contribution is 2.19. The summed E-state index contributed by atoms with van der Waals surface area (Å²) in [6.07, 6.45) is 1.36. The monoisotopic (exact) mass is 212 g/mol. The summed E-state index contributed by atoms with van der Waals surface area (Å²) < 4.78 is 0. The molecule has 80 valence electrons. The summed E-state index contributed by atoms with van der Waals surface area (Å²) in [6, 6.07) is 13.4. The summed E-state index contributed by atoms with van der Waals surface area (Å²) in [5.41, 5.74) is 0.708. The molecule has 0 saturated carbocycles. The number of rotatable bonds is 4. The maximum atomic E-state index is 11.9. The number of aldehydes is 1. The molecule has 0 heterocycles. The van der Waals surface area contributed by atoms with Gasteiger partial charge in [0.25, 0.3) is 0 Å². The zero-order valence-corrected chi connectivity index (χ0v) is 8.85. The zero-order valence-electron chi connectivity index (χ0n) is 8.85. The molecular formula is C14H12O2. The summed E-state index contributed by atoms with van der Waals surface area (Å²) in [6.45, 7) is 0. The standard InChI is InChI=1S/C14H12O2/c15-10-4-9-14(16)13-8-3-6-11-5-1-2-7-12(11)13/h1-3,5-8,10H,4,9H2. The quantitative estimate of drug-likeness (QED) is 0.576. The third-order valence-electron chi connectivity index (χ3n) is 2.58. The third-order valence-corrected chi connectivity index (χ3v) is 2.58. The number of carbonyl (C=O) groups is 2. The van der Waals surface area contributed by atoms with E-state index < -0.39 is 0 Å². The van der Waals surface area contributed by atoms with E-state index in [1.807, 2.05) is 42.5 Å². The van der Waals surface area contributed by atoms with Crippen LogP contribution in [0, 0.1) is 0 Å². The molecule has 0 aliphatic carbocycles. The van der Waals surface area contributed by atoms with E-state index in [2.05, 4.69) is 0 Å². The van der Waals surface area contributed by atoms with Crippen molar-refractivity contribution in [1.29, 1.82) is 0 Å². The predicted molar refractivity (Wildman–Crippen MR) is 63.6 cm³/mol. The van der Waals surface area contributed by atoms with Crippen LogP contribution in [0.15, 0.2) is 42.5 Å². The highest BCUT2D eigenvalue weighted by Gasteiger charge is 2.08. The van der Waals surface area contributed by atoms with Crippen LogP contribution in [-0.2, 0) is 4.79 Å². The van der Waals surface area contributed by atoms with E-state index in [0.717, 1.165) is 17.1 Å². The number of Topliss-reactive ketones (excluding diaryl/α,β-unsaturated/α-hetero) is 1. The molecular weight excluding hydrogens is 200 g/mol. The summed E-state index contributed by atoms with van der Waals surface area (Å²) in [4.78, 5) is 22.1.